The zero-order valence-electron chi connectivity index (χ0n) is 14.4. The molecule has 26 heavy (non-hydrogen) atoms. The van der Waals surface area contributed by atoms with Crippen molar-refractivity contribution in [2.45, 2.75) is 0 Å². The molecule has 140 valence electrons. The average Bonchev–Trinajstić information content (AvgIpc) is 2.65. The summed E-state index contributed by atoms with van der Waals surface area (Å²) in [6.07, 6.45) is 1.72. The van der Waals surface area contributed by atoms with Crippen molar-refractivity contribution in [1.82, 2.24) is 14.9 Å². The number of hydrogen-bond donors (Lipinski definition) is 1. The Morgan fingerprint density at radius 2 is 2.08 bits per heavy atom. The molecule has 3 rings (SSSR count). The Labute approximate surface area is 165 Å². The van der Waals surface area contributed by atoms with E-state index in [9.17, 15) is 4.39 Å². The van der Waals surface area contributed by atoms with Crippen LogP contribution in [0.5, 0.6) is 0 Å². The molecule has 1 aliphatic rings. The smallest absolute Gasteiger partial charge is 0.229 e. The van der Waals surface area contributed by atoms with Gasteiger partial charge in [-0.2, -0.15) is 4.98 Å². The number of rotatable bonds is 6. The molecule has 9 heteroatoms. The number of halogens is 3. The van der Waals surface area contributed by atoms with Crippen molar-refractivity contribution in [2.75, 3.05) is 56.7 Å². The molecule has 1 aliphatic heterocycles. The van der Waals surface area contributed by atoms with Crippen LogP contribution in [0, 0.1) is 5.82 Å². The van der Waals surface area contributed by atoms with Gasteiger partial charge in [0.05, 0.1) is 16.1 Å². The van der Waals surface area contributed by atoms with E-state index in [2.05, 4.69) is 41.0 Å². The maximum Gasteiger partial charge on any atom is 0.229 e. The Bertz CT molecular complexity index is 758. The molecule has 0 aliphatic carbocycles. The molecule has 1 aromatic carbocycles. The van der Waals surface area contributed by atoms with Crippen LogP contribution in [-0.2, 0) is 4.74 Å². The van der Waals surface area contributed by atoms with Gasteiger partial charge in [0.1, 0.15) is 11.6 Å². The summed E-state index contributed by atoms with van der Waals surface area (Å²) in [6, 6.07) is 4.42. The lowest BCUT2D eigenvalue weighted by atomic mass is 10.3. The highest BCUT2D eigenvalue weighted by molar-refractivity contribution is 9.10. The first-order valence-corrected chi connectivity index (χ1v) is 9.45. The van der Waals surface area contributed by atoms with Crippen LogP contribution >= 0.6 is 27.5 Å². The molecule has 1 saturated heterocycles. The van der Waals surface area contributed by atoms with Gasteiger partial charge in [0.15, 0.2) is 0 Å². The Kier molecular flexibility index (Phi) is 6.63. The van der Waals surface area contributed by atoms with E-state index in [0.29, 0.717) is 11.6 Å². The van der Waals surface area contributed by atoms with Crippen molar-refractivity contribution in [3.8, 4) is 0 Å². The minimum atomic E-state index is -0.457. The minimum Gasteiger partial charge on any atom is -0.383 e. The molecule has 0 unspecified atom stereocenters. The summed E-state index contributed by atoms with van der Waals surface area (Å²) in [6.45, 7) is 5.34. The van der Waals surface area contributed by atoms with Gasteiger partial charge in [-0.1, -0.05) is 11.6 Å². The van der Waals surface area contributed by atoms with Crippen molar-refractivity contribution >= 4 is 45.0 Å². The first-order chi connectivity index (χ1) is 12.6. The number of nitrogens with zero attached hydrogens (tertiary/aromatic N) is 4. The molecule has 0 amide bonds. The molecule has 1 aromatic heterocycles. The molecule has 6 nitrogen and oxygen atoms in total. The van der Waals surface area contributed by atoms with Crippen LogP contribution in [0.2, 0.25) is 5.02 Å². The van der Waals surface area contributed by atoms with Crippen molar-refractivity contribution in [1.29, 1.82) is 0 Å². The maximum atomic E-state index is 13.3. The molecule has 0 radical (unpaired) electrons. The second-order valence-corrected chi connectivity index (χ2v) is 7.20. The van der Waals surface area contributed by atoms with Gasteiger partial charge in [0.25, 0.3) is 0 Å². The average molecular weight is 445 g/mol. The number of ether oxygens (including phenoxy) is 1. The van der Waals surface area contributed by atoms with E-state index in [-0.39, 0.29) is 5.02 Å². The van der Waals surface area contributed by atoms with Gasteiger partial charge < -0.3 is 15.0 Å². The Morgan fingerprint density at radius 3 is 2.77 bits per heavy atom. The first-order valence-electron chi connectivity index (χ1n) is 8.27. The summed E-state index contributed by atoms with van der Waals surface area (Å²) in [4.78, 5) is 13.5. The first kappa shape index (κ1) is 19.3. The van der Waals surface area contributed by atoms with E-state index >= 15 is 0 Å². The third-order valence-corrected chi connectivity index (χ3v) is 5.03. The van der Waals surface area contributed by atoms with Crippen molar-refractivity contribution < 1.29 is 9.13 Å². The highest BCUT2D eigenvalue weighted by Crippen LogP contribution is 2.27. The fourth-order valence-electron chi connectivity index (χ4n) is 2.75. The zero-order valence-corrected chi connectivity index (χ0v) is 16.7. The Balaban J connectivity index is 1.69. The summed E-state index contributed by atoms with van der Waals surface area (Å²) in [5.41, 5.74) is 0.633. The van der Waals surface area contributed by atoms with E-state index < -0.39 is 5.82 Å². The van der Waals surface area contributed by atoms with Crippen LogP contribution in [0.3, 0.4) is 0 Å². The lowest BCUT2D eigenvalue weighted by Gasteiger charge is -2.35. The molecule has 1 fully saturated rings. The number of nitrogens with one attached hydrogen (secondary N) is 1. The molecular formula is C17H20BrClFN5O. The highest BCUT2D eigenvalue weighted by atomic mass is 79.9. The number of anilines is 3. The number of piperazine rings is 1. The van der Waals surface area contributed by atoms with Gasteiger partial charge in [-0.25, -0.2) is 9.37 Å². The second-order valence-electron chi connectivity index (χ2n) is 5.94. The molecule has 0 saturated carbocycles. The number of aromatic nitrogens is 2. The largest absolute Gasteiger partial charge is 0.383 e. The van der Waals surface area contributed by atoms with Crippen LogP contribution < -0.4 is 10.2 Å². The lowest BCUT2D eigenvalue weighted by molar-refractivity contribution is 0.144. The van der Waals surface area contributed by atoms with Gasteiger partial charge in [-0.15, -0.1) is 0 Å². The van der Waals surface area contributed by atoms with E-state index in [0.717, 1.165) is 49.6 Å². The Hall–Kier alpha value is -1.48. The standard InChI is InChI=1S/C17H20BrClFN5O/c1-26-9-8-24-4-6-25(7-5-24)16-13(18)11-21-17(23-16)22-12-2-3-15(20)14(19)10-12/h2-3,10-11H,4-9H2,1H3,(H,21,22,23). The molecule has 0 spiro atoms. The minimum absolute atomic E-state index is 0.0551. The molecule has 2 heterocycles. The van der Waals surface area contributed by atoms with Crippen LogP contribution in [-0.4, -0.2) is 61.3 Å². The van der Waals surface area contributed by atoms with Gasteiger partial charge in [0, 0.05) is 51.7 Å². The molecule has 0 atom stereocenters. The van der Waals surface area contributed by atoms with E-state index in [4.69, 9.17) is 16.3 Å². The van der Waals surface area contributed by atoms with Crippen LogP contribution in [0.25, 0.3) is 0 Å². The predicted octanol–water partition coefficient (Wildman–Crippen LogP) is 3.54. The van der Waals surface area contributed by atoms with E-state index in [1.165, 1.54) is 12.1 Å². The summed E-state index contributed by atoms with van der Waals surface area (Å²) in [5.74, 6) is 0.816. The molecule has 1 N–H and O–H groups in total. The summed E-state index contributed by atoms with van der Waals surface area (Å²) in [5, 5.41) is 3.12. The second kappa shape index (κ2) is 8.94. The Morgan fingerprint density at radius 1 is 1.31 bits per heavy atom. The van der Waals surface area contributed by atoms with E-state index in [1.807, 2.05) is 0 Å². The number of hydrogen-bond acceptors (Lipinski definition) is 6. The fourth-order valence-corrected chi connectivity index (χ4v) is 3.37. The van der Waals surface area contributed by atoms with Crippen molar-refractivity contribution in [3.63, 3.8) is 0 Å². The summed E-state index contributed by atoms with van der Waals surface area (Å²) in [7, 11) is 1.72. The highest BCUT2D eigenvalue weighted by Gasteiger charge is 2.20. The summed E-state index contributed by atoms with van der Waals surface area (Å²) < 4.78 is 19.3. The maximum absolute atomic E-state index is 13.3. The topological polar surface area (TPSA) is 53.5 Å². The third-order valence-electron chi connectivity index (χ3n) is 4.18. The van der Waals surface area contributed by atoms with Crippen LogP contribution in [0.15, 0.2) is 28.9 Å². The molecule has 2 aromatic rings. The SMILES string of the molecule is COCCN1CCN(c2nc(Nc3ccc(F)c(Cl)c3)ncc2Br)CC1. The van der Waals surface area contributed by atoms with E-state index in [1.54, 1.807) is 19.4 Å². The van der Waals surface area contributed by atoms with Gasteiger partial charge >= 0.3 is 0 Å². The molecule has 0 bridgehead atoms. The fraction of sp³-hybridized carbons (Fsp3) is 0.412. The van der Waals surface area contributed by atoms with Crippen molar-refractivity contribution in [3.05, 3.63) is 39.7 Å². The monoisotopic (exact) mass is 443 g/mol. The van der Waals surface area contributed by atoms with Crippen molar-refractivity contribution in [2.24, 2.45) is 0 Å². The lowest BCUT2D eigenvalue weighted by Crippen LogP contribution is -2.47. The summed E-state index contributed by atoms with van der Waals surface area (Å²) >= 11 is 9.35. The van der Waals surface area contributed by atoms with Gasteiger partial charge in [0.2, 0.25) is 5.95 Å². The normalized spacial score (nSPS) is 15.3. The quantitative estimate of drug-likeness (QED) is 0.735. The van der Waals surface area contributed by atoms with Gasteiger partial charge in [-0.3, -0.25) is 4.90 Å². The predicted molar refractivity (Wildman–Crippen MR) is 105 cm³/mol. The molecular weight excluding hydrogens is 425 g/mol. The number of benzene rings is 1. The van der Waals surface area contributed by atoms with Crippen LogP contribution in [0.1, 0.15) is 0 Å². The third kappa shape index (κ3) is 4.82. The van der Waals surface area contributed by atoms with Crippen LogP contribution in [0.4, 0.5) is 21.8 Å². The van der Waals surface area contributed by atoms with Gasteiger partial charge in [-0.05, 0) is 34.1 Å². The zero-order chi connectivity index (χ0) is 18.5. The number of methoxy groups -OCH3 is 1.